The molecule has 1 spiro atoms. The summed E-state index contributed by atoms with van der Waals surface area (Å²) in [5.41, 5.74) is 8.53. The van der Waals surface area contributed by atoms with Crippen molar-refractivity contribution in [2.24, 2.45) is 0 Å². The van der Waals surface area contributed by atoms with Crippen LogP contribution in [0.5, 0.6) is 0 Å². The molecule has 1 aliphatic heterocycles. The summed E-state index contributed by atoms with van der Waals surface area (Å²) in [4.78, 5) is 18.5. The SMILES string of the molecule is Cc1cnn(C2CCC3(CC2)CNc2ncc(-c4ccc(N)c(C(=O)N(C)C)c4F)c(Cl)c23)c1. The smallest absolute Gasteiger partial charge is 0.258 e. The number of amides is 1. The average molecular weight is 483 g/mol. The fourth-order valence-electron chi connectivity index (χ4n) is 5.36. The number of aryl methyl sites for hydroxylation is 1. The molecule has 3 heterocycles. The predicted octanol–water partition coefficient (Wildman–Crippen LogP) is 4.81. The third kappa shape index (κ3) is 3.52. The Labute approximate surface area is 203 Å². The number of nitrogens with two attached hydrogens (primary N) is 1. The number of nitrogens with one attached hydrogen (secondary N) is 1. The molecule has 178 valence electrons. The number of pyridine rings is 1. The molecule has 1 aliphatic carbocycles. The van der Waals surface area contributed by atoms with Gasteiger partial charge in [0.05, 0.1) is 22.8 Å². The Morgan fingerprint density at radius 3 is 2.65 bits per heavy atom. The van der Waals surface area contributed by atoms with Gasteiger partial charge in [0, 0.05) is 60.8 Å². The molecule has 1 amide bonds. The topological polar surface area (TPSA) is 89.1 Å². The molecule has 9 heteroatoms. The van der Waals surface area contributed by atoms with E-state index in [1.807, 2.05) is 13.1 Å². The summed E-state index contributed by atoms with van der Waals surface area (Å²) in [7, 11) is 3.13. The quantitative estimate of drug-likeness (QED) is 0.523. The Balaban J connectivity index is 1.52. The van der Waals surface area contributed by atoms with Crippen LogP contribution in [-0.2, 0) is 5.41 Å². The van der Waals surface area contributed by atoms with E-state index in [1.165, 1.54) is 4.90 Å². The van der Waals surface area contributed by atoms with Crippen LogP contribution in [0.3, 0.4) is 0 Å². The van der Waals surface area contributed by atoms with Crippen LogP contribution in [0.15, 0.2) is 30.7 Å². The molecule has 1 aromatic carbocycles. The highest BCUT2D eigenvalue weighted by atomic mass is 35.5. The van der Waals surface area contributed by atoms with E-state index in [-0.39, 0.29) is 22.2 Å². The minimum absolute atomic E-state index is 0.0931. The van der Waals surface area contributed by atoms with Crippen LogP contribution in [0.4, 0.5) is 15.9 Å². The largest absolute Gasteiger partial charge is 0.398 e. The fourth-order valence-corrected chi connectivity index (χ4v) is 5.80. The lowest BCUT2D eigenvalue weighted by Gasteiger charge is -2.37. The molecule has 3 N–H and O–H groups in total. The average Bonchev–Trinajstić information content (AvgIpc) is 3.40. The van der Waals surface area contributed by atoms with Crippen LogP contribution < -0.4 is 11.1 Å². The van der Waals surface area contributed by atoms with Crippen LogP contribution in [0.25, 0.3) is 11.1 Å². The van der Waals surface area contributed by atoms with Gasteiger partial charge in [0.15, 0.2) is 0 Å². The van der Waals surface area contributed by atoms with Crippen molar-refractivity contribution >= 4 is 29.0 Å². The third-order valence-corrected chi connectivity index (χ3v) is 7.63. The number of halogens is 2. The van der Waals surface area contributed by atoms with E-state index in [0.29, 0.717) is 16.6 Å². The maximum absolute atomic E-state index is 15.6. The molecule has 0 saturated heterocycles. The van der Waals surface area contributed by atoms with Gasteiger partial charge in [-0.3, -0.25) is 9.48 Å². The van der Waals surface area contributed by atoms with Crippen molar-refractivity contribution in [2.45, 2.75) is 44.1 Å². The second-order valence-electron chi connectivity index (χ2n) is 9.66. The van der Waals surface area contributed by atoms with Gasteiger partial charge in [0.2, 0.25) is 0 Å². The first-order valence-electron chi connectivity index (χ1n) is 11.5. The number of hydrogen-bond donors (Lipinski definition) is 2. The standard InChI is InChI=1S/C25H28ClFN6O/c1-14-10-31-33(12-14)15-6-8-25(9-7-15)13-30-23-20(25)21(26)17(11-29-23)16-4-5-18(28)19(22(16)27)24(34)32(2)3/h4-5,10-12,15H,6-9,13,28H2,1-3H3,(H,29,30). The van der Waals surface area contributed by atoms with Gasteiger partial charge < -0.3 is 16.0 Å². The molecular formula is C25H28ClFN6O. The number of nitrogen functional groups attached to an aromatic ring is 1. The zero-order chi connectivity index (χ0) is 24.2. The van der Waals surface area contributed by atoms with Crippen LogP contribution in [0, 0.1) is 12.7 Å². The van der Waals surface area contributed by atoms with Gasteiger partial charge in [-0.25, -0.2) is 9.37 Å². The van der Waals surface area contributed by atoms with E-state index in [4.69, 9.17) is 17.3 Å². The Hall–Kier alpha value is -3.13. The van der Waals surface area contributed by atoms with Crippen molar-refractivity contribution in [1.82, 2.24) is 19.7 Å². The maximum atomic E-state index is 15.6. The summed E-state index contributed by atoms with van der Waals surface area (Å²) in [5, 5.41) is 8.40. The van der Waals surface area contributed by atoms with Crippen LogP contribution in [-0.4, -0.2) is 46.2 Å². The number of carbonyl (C=O) groups excluding carboxylic acids is 1. The van der Waals surface area contributed by atoms with Crippen molar-refractivity contribution in [2.75, 3.05) is 31.7 Å². The number of hydrogen-bond acceptors (Lipinski definition) is 5. The zero-order valence-corrected chi connectivity index (χ0v) is 20.3. The number of anilines is 2. The van der Waals surface area contributed by atoms with Gasteiger partial charge in [0.25, 0.3) is 5.91 Å². The second-order valence-corrected chi connectivity index (χ2v) is 10.0. The van der Waals surface area contributed by atoms with Crippen LogP contribution >= 0.6 is 11.6 Å². The number of nitrogens with zero attached hydrogens (tertiary/aromatic N) is 4. The Bertz CT molecular complexity index is 1280. The Kier molecular flexibility index (Phi) is 5.51. The Morgan fingerprint density at radius 2 is 2.00 bits per heavy atom. The lowest BCUT2D eigenvalue weighted by Crippen LogP contribution is -2.34. The molecule has 1 fully saturated rings. The van der Waals surface area contributed by atoms with Crippen molar-refractivity contribution < 1.29 is 9.18 Å². The van der Waals surface area contributed by atoms with E-state index in [1.54, 1.807) is 32.4 Å². The fraction of sp³-hybridized carbons (Fsp3) is 0.400. The van der Waals surface area contributed by atoms with Gasteiger partial charge in [-0.1, -0.05) is 11.6 Å². The number of carbonyl (C=O) groups is 1. The van der Waals surface area contributed by atoms with Gasteiger partial charge in [-0.05, 0) is 50.3 Å². The monoisotopic (exact) mass is 482 g/mol. The molecular weight excluding hydrogens is 455 g/mol. The number of rotatable bonds is 3. The van der Waals surface area contributed by atoms with Crippen molar-refractivity contribution in [3.8, 4) is 11.1 Å². The molecule has 0 unspecified atom stereocenters. The molecule has 0 atom stereocenters. The lowest BCUT2D eigenvalue weighted by atomic mass is 9.69. The second kappa shape index (κ2) is 8.27. The summed E-state index contributed by atoms with van der Waals surface area (Å²) < 4.78 is 17.7. The first-order valence-corrected chi connectivity index (χ1v) is 11.8. The molecule has 5 rings (SSSR count). The minimum atomic E-state index is -0.680. The van der Waals surface area contributed by atoms with E-state index >= 15 is 4.39 Å². The van der Waals surface area contributed by atoms with Crippen LogP contribution in [0.2, 0.25) is 5.02 Å². The normalized spacial score (nSPS) is 21.4. The van der Waals surface area contributed by atoms with Crippen molar-refractivity contribution in [3.63, 3.8) is 0 Å². The summed E-state index contributed by atoms with van der Waals surface area (Å²) in [5.74, 6) is -0.421. The molecule has 0 radical (unpaired) electrons. The molecule has 2 aromatic heterocycles. The molecule has 7 nitrogen and oxygen atoms in total. The molecule has 2 aliphatic rings. The van der Waals surface area contributed by atoms with E-state index in [9.17, 15) is 4.79 Å². The number of fused-ring (bicyclic) bond motifs is 2. The van der Waals surface area contributed by atoms with Gasteiger partial charge in [-0.15, -0.1) is 0 Å². The predicted molar refractivity (Wildman–Crippen MR) is 132 cm³/mol. The van der Waals surface area contributed by atoms with E-state index < -0.39 is 11.7 Å². The first-order chi connectivity index (χ1) is 16.2. The zero-order valence-electron chi connectivity index (χ0n) is 19.5. The first kappa shape index (κ1) is 22.7. The molecule has 1 saturated carbocycles. The third-order valence-electron chi connectivity index (χ3n) is 7.24. The highest BCUT2D eigenvalue weighted by Crippen LogP contribution is 2.52. The summed E-state index contributed by atoms with van der Waals surface area (Å²) in [6.07, 6.45) is 9.35. The number of aromatic nitrogens is 3. The summed E-state index contributed by atoms with van der Waals surface area (Å²) in [6, 6.07) is 3.47. The summed E-state index contributed by atoms with van der Waals surface area (Å²) in [6.45, 7) is 2.80. The highest BCUT2D eigenvalue weighted by molar-refractivity contribution is 6.34. The Morgan fingerprint density at radius 1 is 1.26 bits per heavy atom. The molecule has 0 bridgehead atoms. The van der Waals surface area contributed by atoms with Gasteiger partial charge in [0.1, 0.15) is 11.6 Å². The van der Waals surface area contributed by atoms with Crippen molar-refractivity contribution in [3.05, 3.63) is 58.3 Å². The highest BCUT2D eigenvalue weighted by Gasteiger charge is 2.45. The van der Waals surface area contributed by atoms with Crippen molar-refractivity contribution in [1.29, 1.82) is 0 Å². The lowest BCUT2D eigenvalue weighted by molar-refractivity contribution is 0.0824. The van der Waals surface area contributed by atoms with E-state index in [0.717, 1.165) is 49.2 Å². The molecule has 34 heavy (non-hydrogen) atoms. The maximum Gasteiger partial charge on any atom is 0.258 e. The minimum Gasteiger partial charge on any atom is -0.398 e. The van der Waals surface area contributed by atoms with Crippen LogP contribution in [0.1, 0.15) is 53.2 Å². The summed E-state index contributed by atoms with van der Waals surface area (Å²) >= 11 is 6.98. The number of benzene rings is 1. The van der Waals surface area contributed by atoms with E-state index in [2.05, 4.69) is 26.3 Å². The van der Waals surface area contributed by atoms with Gasteiger partial charge in [-0.2, -0.15) is 5.10 Å². The van der Waals surface area contributed by atoms with Gasteiger partial charge >= 0.3 is 0 Å². The molecule has 3 aromatic rings.